The number of benzene rings is 1. The first-order chi connectivity index (χ1) is 12.8. The number of nitrogens with one attached hydrogen (secondary N) is 2. The molecule has 1 saturated heterocycles. The van der Waals surface area contributed by atoms with Crippen LogP contribution in [0.4, 0.5) is 5.95 Å². The molecule has 0 bridgehead atoms. The van der Waals surface area contributed by atoms with Crippen molar-refractivity contribution in [2.75, 3.05) is 24.8 Å². The molecule has 1 aromatic heterocycles. The number of hydrogen-bond acceptors (Lipinski definition) is 7. The molecule has 1 aliphatic rings. The molecule has 146 valence electrons. The lowest BCUT2D eigenvalue weighted by Gasteiger charge is -2.23. The summed E-state index contributed by atoms with van der Waals surface area (Å²) in [6.45, 7) is 2.84. The van der Waals surface area contributed by atoms with Crippen LogP contribution in [0.5, 0.6) is 0 Å². The van der Waals surface area contributed by atoms with Crippen molar-refractivity contribution in [2.24, 2.45) is 0 Å². The van der Waals surface area contributed by atoms with Crippen LogP contribution in [0.25, 0.3) is 0 Å². The van der Waals surface area contributed by atoms with Gasteiger partial charge in [-0.25, -0.2) is 22.6 Å². The van der Waals surface area contributed by atoms with Gasteiger partial charge in [-0.3, -0.25) is 4.98 Å². The molecule has 0 unspecified atom stereocenters. The quantitative estimate of drug-likeness (QED) is 0.771. The Kier molecular flexibility index (Phi) is 5.47. The summed E-state index contributed by atoms with van der Waals surface area (Å²) in [4.78, 5) is 31.4. The van der Waals surface area contributed by atoms with Crippen molar-refractivity contribution in [3.8, 4) is 0 Å². The maximum absolute atomic E-state index is 12.4. The van der Waals surface area contributed by atoms with E-state index in [2.05, 4.69) is 15.3 Å². The van der Waals surface area contributed by atoms with Gasteiger partial charge >= 0.3 is 11.4 Å². The second-order valence-corrected chi connectivity index (χ2v) is 8.61. The van der Waals surface area contributed by atoms with Gasteiger partial charge in [-0.05, 0) is 37.5 Å². The van der Waals surface area contributed by atoms with E-state index in [-0.39, 0.29) is 22.9 Å². The van der Waals surface area contributed by atoms with E-state index in [1.54, 1.807) is 12.1 Å². The number of nitrogens with zero attached hydrogens (tertiary/aromatic N) is 2. The molecule has 27 heavy (non-hydrogen) atoms. The zero-order valence-corrected chi connectivity index (χ0v) is 16.0. The minimum Gasteiger partial charge on any atom is -0.381 e. The lowest BCUT2D eigenvalue weighted by atomic mass is 10.1. The molecule has 1 fully saturated rings. The molecule has 2 heterocycles. The summed E-state index contributed by atoms with van der Waals surface area (Å²) < 4.78 is 29.5. The second kappa shape index (κ2) is 7.65. The lowest BCUT2D eigenvalue weighted by molar-refractivity contribution is 0.0670. The summed E-state index contributed by atoms with van der Waals surface area (Å²) in [5, 5.41) is 2.97. The van der Waals surface area contributed by atoms with E-state index >= 15 is 0 Å². The number of hydrogen-bond donors (Lipinski definition) is 2. The molecule has 1 aliphatic heterocycles. The summed E-state index contributed by atoms with van der Waals surface area (Å²) in [6, 6.07) is 5.88. The standard InChI is InChI=1S/C17H22N4O5S/c1-11(12-3-5-14(6-4-12)27(2,24)25)18-15-19-16(22)21(17(23)20-15)13-7-9-26-10-8-13/h3-6,11,13H,7-10H2,1-2H3,(H2,18,19,20,22,23)/t11-/m0/s1. The van der Waals surface area contributed by atoms with E-state index in [0.717, 1.165) is 16.4 Å². The van der Waals surface area contributed by atoms with Crippen LogP contribution in [0.2, 0.25) is 0 Å². The van der Waals surface area contributed by atoms with Crippen LogP contribution in [0, 0.1) is 0 Å². The highest BCUT2D eigenvalue weighted by molar-refractivity contribution is 7.90. The van der Waals surface area contributed by atoms with E-state index < -0.39 is 21.2 Å². The van der Waals surface area contributed by atoms with E-state index in [4.69, 9.17) is 4.74 Å². The zero-order valence-electron chi connectivity index (χ0n) is 15.1. The third-order valence-electron chi connectivity index (χ3n) is 4.58. The fourth-order valence-corrected chi connectivity index (χ4v) is 3.68. The summed E-state index contributed by atoms with van der Waals surface area (Å²) in [6.07, 6.45) is 2.34. The molecule has 0 aliphatic carbocycles. The summed E-state index contributed by atoms with van der Waals surface area (Å²) >= 11 is 0. The van der Waals surface area contributed by atoms with Crippen LogP contribution in [0.15, 0.2) is 38.8 Å². The molecule has 3 rings (SSSR count). The first-order valence-electron chi connectivity index (χ1n) is 8.63. The van der Waals surface area contributed by atoms with Gasteiger partial charge in [0.05, 0.1) is 10.9 Å². The molecular weight excluding hydrogens is 372 g/mol. The van der Waals surface area contributed by atoms with Gasteiger partial charge in [0, 0.05) is 25.5 Å². The molecular formula is C17H22N4O5S. The molecule has 9 nitrogen and oxygen atoms in total. The fourth-order valence-electron chi connectivity index (χ4n) is 3.05. The largest absolute Gasteiger partial charge is 0.381 e. The van der Waals surface area contributed by atoms with Crippen LogP contribution in [0.1, 0.15) is 37.4 Å². The number of ether oxygens (including phenoxy) is 1. The van der Waals surface area contributed by atoms with Crippen molar-refractivity contribution in [3.63, 3.8) is 0 Å². The molecule has 0 spiro atoms. The van der Waals surface area contributed by atoms with Crippen molar-refractivity contribution in [3.05, 3.63) is 50.8 Å². The fraction of sp³-hybridized carbons (Fsp3) is 0.471. The van der Waals surface area contributed by atoms with E-state index in [1.165, 1.54) is 12.1 Å². The van der Waals surface area contributed by atoms with E-state index in [1.807, 2.05) is 6.92 Å². The molecule has 0 radical (unpaired) electrons. The SMILES string of the molecule is C[C@H](Nc1nc(=O)n(C2CCOCC2)c(=O)[nH]1)c1ccc(S(C)(=O)=O)cc1. The van der Waals surface area contributed by atoms with Crippen LogP contribution >= 0.6 is 0 Å². The first-order valence-corrected chi connectivity index (χ1v) is 10.5. The number of rotatable bonds is 5. The van der Waals surface area contributed by atoms with Gasteiger partial charge in [0.1, 0.15) is 0 Å². The van der Waals surface area contributed by atoms with Crippen LogP contribution in [-0.4, -0.2) is 42.4 Å². The summed E-state index contributed by atoms with van der Waals surface area (Å²) in [7, 11) is -3.26. The third kappa shape index (κ3) is 4.45. The topological polar surface area (TPSA) is 123 Å². The minimum atomic E-state index is -3.26. The number of aromatic amines is 1. The normalized spacial score (nSPS) is 16.8. The van der Waals surface area contributed by atoms with Gasteiger partial charge in [-0.2, -0.15) is 4.98 Å². The van der Waals surface area contributed by atoms with Gasteiger partial charge in [0.15, 0.2) is 9.84 Å². The van der Waals surface area contributed by atoms with Crippen molar-refractivity contribution in [2.45, 2.75) is 36.7 Å². The Morgan fingerprint density at radius 3 is 2.41 bits per heavy atom. The van der Waals surface area contributed by atoms with Crippen LogP contribution in [-0.2, 0) is 14.6 Å². The molecule has 0 saturated carbocycles. The Bertz CT molecular complexity index is 989. The molecule has 10 heteroatoms. The Hall–Kier alpha value is -2.46. The van der Waals surface area contributed by atoms with E-state index in [0.29, 0.717) is 26.1 Å². The zero-order chi connectivity index (χ0) is 19.6. The van der Waals surface area contributed by atoms with E-state index in [9.17, 15) is 18.0 Å². The summed E-state index contributed by atoms with van der Waals surface area (Å²) in [5.74, 6) is 0.0769. The van der Waals surface area contributed by atoms with Gasteiger partial charge < -0.3 is 10.1 Å². The lowest BCUT2D eigenvalue weighted by Crippen LogP contribution is -2.42. The van der Waals surface area contributed by atoms with Gasteiger partial charge in [-0.15, -0.1) is 0 Å². The van der Waals surface area contributed by atoms with Crippen molar-refractivity contribution in [1.29, 1.82) is 0 Å². The predicted molar refractivity (Wildman–Crippen MR) is 99.8 cm³/mol. The van der Waals surface area contributed by atoms with Gasteiger partial charge in [0.25, 0.3) is 0 Å². The van der Waals surface area contributed by atoms with Gasteiger partial charge in [0.2, 0.25) is 5.95 Å². The number of anilines is 1. The maximum Gasteiger partial charge on any atom is 0.355 e. The average molecular weight is 394 g/mol. The molecule has 1 aromatic carbocycles. The Morgan fingerprint density at radius 1 is 1.22 bits per heavy atom. The Labute approximate surface area is 156 Å². The smallest absolute Gasteiger partial charge is 0.355 e. The highest BCUT2D eigenvalue weighted by Crippen LogP contribution is 2.19. The molecule has 0 amide bonds. The first kappa shape index (κ1) is 19.3. The molecule has 1 atom stereocenters. The average Bonchev–Trinajstić information content (AvgIpc) is 2.61. The van der Waals surface area contributed by atoms with Crippen molar-refractivity contribution < 1.29 is 13.2 Å². The predicted octanol–water partition coefficient (Wildman–Crippen LogP) is 0.860. The molecule has 2 N–H and O–H groups in total. The Morgan fingerprint density at radius 2 is 1.85 bits per heavy atom. The number of aromatic nitrogens is 3. The Balaban J connectivity index is 1.79. The second-order valence-electron chi connectivity index (χ2n) is 6.59. The monoisotopic (exact) mass is 394 g/mol. The van der Waals surface area contributed by atoms with Crippen molar-refractivity contribution in [1.82, 2.24) is 14.5 Å². The number of H-pyrrole nitrogens is 1. The number of sulfone groups is 1. The highest BCUT2D eigenvalue weighted by atomic mass is 32.2. The molecule has 2 aromatic rings. The van der Waals surface area contributed by atoms with Gasteiger partial charge in [-0.1, -0.05) is 12.1 Å². The highest BCUT2D eigenvalue weighted by Gasteiger charge is 2.20. The maximum atomic E-state index is 12.4. The third-order valence-corrected chi connectivity index (χ3v) is 5.70. The van der Waals surface area contributed by atoms with Crippen LogP contribution < -0.4 is 16.7 Å². The minimum absolute atomic E-state index is 0.0769. The van der Waals surface area contributed by atoms with Crippen LogP contribution in [0.3, 0.4) is 0 Å². The van der Waals surface area contributed by atoms with Crippen molar-refractivity contribution >= 4 is 15.8 Å². The summed E-state index contributed by atoms with van der Waals surface area (Å²) in [5.41, 5.74) is -0.324.